The largest absolute Gasteiger partial charge is 0.496 e. The van der Waals surface area contributed by atoms with Gasteiger partial charge in [0.2, 0.25) is 11.7 Å². The van der Waals surface area contributed by atoms with Crippen molar-refractivity contribution in [2.45, 2.75) is 38.8 Å². The first-order chi connectivity index (χ1) is 11.6. The summed E-state index contributed by atoms with van der Waals surface area (Å²) in [4.78, 5) is 18.6. The summed E-state index contributed by atoms with van der Waals surface area (Å²) >= 11 is 0. The predicted molar refractivity (Wildman–Crippen MR) is 88.6 cm³/mol. The van der Waals surface area contributed by atoms with Crippen molar-refractivity contribution in [3.05, 3.63) is 30.2 Å². The van der Waals surface area contributed by atoms with Crippen LogP contribution in [-0.4, -0.2) is 40.8 Å². The summed E-state index contributed by atoms with van der Waals surface area (Å²) in [7, 11) is 1.61. The molecule has 3 rings (SSSR count). The molecule has 7 heteroatoms. The molecule has 0 unspecified atom stereocenters. The van der Waals surface area contributed by atoms with Gasteiger partial charge in [-0.25, -0.2) is 4.79 Å². The minimum atomic E-state index is -0.181. The summed E-state index contributed by atoms with van der Waals surface area (Å²) in [5.74, 6) is 1.62. The number of nitrogens with zero attached hydrogens (tertiary/aromatic N) is 3. The van der Waals surface area contributed by atoms with Crippen LogP contribution in [0.2, 0.25) is 0 Å². The van der Waals surface area contributed by atoms with Gasteiger partial charge in [0.15, 0.2) is 0 Å². The average Bonchev–Trinajstić information content (AvgIpc) is 3.23. The minimum Gasteiger partial charge on any atom is -0.496 e. The molecule has 1 atom stereocenters. The van der Waals surface area contributed by atoms with Gasteiger partial charge in [0, 0.05) is 12.6 Å². The number of rotatable bonds is 4. The molecule has 0 spiro atoms. The Bertz CT molecular complexity index is 713. The fourth-order valence-electron chi connectivity index (χ4n) is 2.91. The minimum absolute atomic E-state index is 0.0885. The molecule has 1 saturated heterocycles. The summed E-state index contributed by atoms with van der Waals surface area (Å²) in [6, 6.07) is 7.33. The maximum atomic E-state index is 12.3. The molecule has 2 heterocycles. The second kappa shape index (κ2) is 6.90. The van der Waals surface area contributed by atoms with Gasteiger partial charge in [-0.05, 0) is 38.8 Å². The first-order valence-corrected chi connectivity index (χ1v) is 8.14. The average molecular weight is 330 g/mol. The molecule has 1 aromatic heterocycles. The molecule has 0 aliphatic carbocycles. The lowest BCUT2D eigenvalue weighted by atomic mass is 10.2. The number of methoxy groups -OCH3 is 1. The SMILES string of the molecule is COc1ccccc1-c1noc([C@H]2CCCN2C(=O)NC(C)C)n1. The number of carbonyl (C=O) groups is 1. The van der Waals surface area contributed by atoms with Gasteiger partial charge >= 0.3 is 6.03 Å². The van der Waals surface area contributed by atoms with E-state index in [1.165, 1.54) is 0 Å². The lowest BCUT2D eigenvalue weighted by molar-refractivity contribution is 0.178. The van der Waals surface area contributed by atoms with Gasteiger partial charge in [-0.1, -0.05) is 17.3 Å². The molecular formula is C17H22N4O3. The Morgan fingerprint density at radius 1 is 1.42 bits per heavy atom. The van der Waals surface area contributed by atoms with Crippen LogP contribution in [-0.2, 0) is 0 Å². The number of hydrogen-bond acceptors (Lipinski definition) is 5. The lowest BCUT2D eigenvalue weighted by Gasteiger charge is -2.23. The van der Waals surface area contributed by atoms with Crippen molar-refractivity contribution in [3.63, 3.8) is 0 Å². The molecule has 24 heavy (non-hydrogen) atoms. The Labute approximate surface area is 141 Å². The number of amides is 2. The van der Waals surface area contributed by atoms with Gasteiger partial charge < -0.3 is 19.5 Å². The zero-order valence-electron chi connectivity index (χ0n) is 14.2. The van der Waals surface area contributed by atoms with Crippen LogP contribution < -0.4 is 10.1 Å². The lowest BCUT2D eigenvalue weighted by Crippen LogP contribution is -2.42. The van der Waals surface area contributed by atoms with Crippen molar-refractivity contribution in [3.8, 4) is 17.1 Å². The fourth-order valence-corrected chi connectivity index (χ4v) is 2.91. The van der Waals surface area contributed by atoms with Gasteiger partial charge in [-0.15, -0.1) is 0 Å². The Morgan fingerprint density at radius 2 is 2.21 bits per heavy atom. The highest BCUT2D eigenvalue weighted by Gasteiger charge is 2.34. The number of benzene rings is 1. The van der Waals surface area contributed by atoms with Gasteiger partial charge in [0.25, 0.3) is 0 Å². The number of likely N-dealkylation sites (tertiary alicyclic amines) is 1. The van der Waals surface area contributed by atoms with Crippen molar-refractivity contribution in [1.82, 2.24) is 20.4 Å². The zero-order valence-corrected chi connectivity index (χ0v) is 14.2. The summed E-state index contributed by atoms with van der Waals surface area (Å²) in [5, 5.41) is 6.99. The first-order valence-electron chi connectivity index (χ1n) is 8.14. The van der Waals surface area contributed by atoms with E-state index in [2.05, 4.69) is 15.5 Å². The quantitative estimate of drug-likeness (QED) is 0.932. The summed E-state index contributed by atoms with van der Waals surface area (Å²) in [6.45, 7) is 4.57. The molecule has 1 aliphatic heterocycles. The number of urea groups is 1. The van der Waals surface area contributed by atoms with Crippen LogP contribution in [0.15, 0.2) is 28.8 Å². The topological polar surface area (TPSA) is 80.5 Å². The van der Waals surface area contributed by atoms with E-state index in [1.54, 1.807) is 12.0 Å². The fraction of sp³-hybridized carbons (Fsp3) is 0.471. The van der Waals surface area contributed by atoms with Gasteiger partial charge in [0.05, 0.1) is 12.7 Å². The molecule has 0 radical (unpaired) electrons. The third-order valence-electron chi connectivity index (χ3n) is 4.00. The van der Waals surface area contributed by atoms with Gasteiger partial charge in [-0.2, -0.15) is 4.98 Å². The maximum absolute atomic E-state index is 12.3. The number of nitrogens with one attached hydrogen (secondary N) is 1. The molecular weight excluding hydrogens is 308 g/mol. The van der Waals surface area contributed by atoms with Crippen LogP contribution in [0.1, 0.15) is 38.6 Å². The zero-order chi connectivity index (χ0) is 17.1. The van der Waals surface area contributed by atoms with E-state index in [0.29, 0.717) is 24.0 Å². The van der Waals surface area contributed by atoms with Crippen LogP contribution in [0, 0.1) is 0 Å². The molecule has 128 valence electrons. The van der Waals surface area contributed by atoms with Crippen LogP contribution in [0.4, 0.5) is 4.79 Å². The highest BCUT2D eigenvalue weighted by Crippen LogP contribution is 2.33. The van der Waals surface area contributed by atoms with E-state index in [1.807, 2.05) is 38.1 Å². The first kappa shape index (κ1) is 16.3. The highest BCUT2D eigenvalue weighted by molar-refractivity contribution is 5.75. The van der Waals surface area contributed by atoms with Crippen LogP contribution in [0.3, 0.4) is 0 Å². The Morgan fingerprint density at radius 3 is 2.96 bits per heavy atom. The maximum Gasteiger partial charge on any atom is 0.318 e. The monoisotopic (exact) mass is 330 g/mol. The van der Waals surface area contributed by atoms with Crippen LogP contribution in [0.25, 0.3) is 11.4 Å². The van der Waals surface area contributed by atoms with Crippen LogP contribution >= 0.6 is 0 Å². The summed E-state index contributed by atoms with van der Waals surface area (Å²) in [5.41, 5.74) is 0.770. The molecule has 1 fully saturated rings. The van der Waals surface area contributed by atoms with E-state index in [0.717, 1.165) is 18.4 Å². The molecule has 0 bridgehead atoms. The number of carbonyl (C=O) groups excluding carboxylic acids is 1. The molecule has 1 N–H and O–H groups in total. The van der Waals surface area contributed by atoms with Crippen molar-refractivity contribution in [2.24, 2.45) is 0 Å². The van der Waals surface area contributed by atoms with Crippen molar-refractivity contribution < 1.29 is 14.1 Å². The third kappa shape index (κ3) is 3.20. The molecule has 2 amide bonds. The van der Waals surface area contributed by atoms with Crippen molar-refractivity contribution in [1.29, 1.82) is 0 Å². The predicted octanol–water partition coefficient (Wildman–Crippen LogP) is 3.00. The summed E-state index contributed by atoms with van der Waals surface area (Å²) < 4.78 is 10.8. The second-order valence-electron chi connectivity index (χ2n) is 6.11. The van der Waals surface area contributed by atoms with Gasteiger partial charge in [-0.3, -0.25) is 0 Å². The van der Waals surface area contributed by atoms with E-state index < -0.39 is 0 Å². The molecule has 0 saturated carbocycles. The van der Waals surface area contributed by atoms with Crippen molar-refractivity contribution in [2.75, 3.05) is 13.7 Å². The number of para-hydroxylation sites is 1. The normalized spacial score (nSPS) is 17.3. The van der Waals surface area contributed by atoms with E-state index in [9.17, 15) is 4.79 Å². The Balaban J connectivity index is 1.83. The smallest absolute Gasteiger partial charge is 0.318 e. The van der Waals surface area contributed by atoms with Crippen molar-refractivity contribution >= 4 is 6.03 Å². The van der Waals surface area contributed by atoms with Crippen LogP contribution in [0.5, 0.6) is 5.75 Å². The number of aromatic nitrogens is 2. The third-order valence-corrected chi connectivity index (χ3v) is 4.00. The van der Waals surface area contributed by atoms with E-state index in [4.69, 9.17) is 9.26 Å². The second-order valence-corrected chi connectivity index (χ2v) is 6.11. The molecule has 7 nitrogen and oxygen atoms in total. The van der Waals surface area contributed by atoms with E-state index in [-0.39, 0.29) is 18.1 Å². The Kier molecular flexibility index (Phi) is 4.69. The summed E-state index contributed by atoms with van der Waals surface area (Å²) in [6.07, 6.45) is 1.74. The number of hydrogen-bond donors (Lipinski definition) is 1. The molecule has 1 aliphatic rings. The highest BCUT2D eigenvalue weighted by atomic mass is 16.5. The molecule has 2 aromatic rings. The standard InChI is InChI=1S/C17H22N4O3/c1-11(2)18-17(22)21-10-6-8-13(21)16-19-15(20-24-16)12-7-4-5-9-14(12)23-3/h4-5,7,9,11,13H,6,8,10H2,1-3H3,(H,18,22)/t13-/m1/s1. The molecule has 1 aromatic carbocycles. The Hall–Kier alpha value is -2.57. The number of ether oxygens (including phenoxy) is 1. The van der Waals surface area contributed by atoms with Gasteiger partial charge in [0.1, 0.15) is 11.8 Å². The van der Waals surface area contributed by atoms with E-state index >= 15 is 0 Å².